The maximum atomic E-state index is 8.68. The van der Waals surface area contributed by atoms with E-state index in [1.807, 2.05) is 12.1 Å². The second-order valence-corrected chi connectivity index (χ2v) is 3.93. The van der Waals surface area contributed by atoms with Crippen LogP contribution in [0, 0.1) is 0 Å². The topological polar surface area (TPSA) is 77.1 Å². The van der Waals surface area contributed by atoms with E-state index in [2.05, 4.69) is 5.16 Å². The normalized spacial score (nSPS) is 20.5. The number of para-hydroxylation sites is 1. The molecule has 1 aromatic carbocycles. The molecule has 0 saturated carbocycles. The van der Waals surface area contributed by atoms with Gasteiger partial charge in [-0.3, -0.25) is 0 Å². The zero-order chi connectivity index (χ0) is 12.1. The van der Waals surface area contributed by atoms with Crippen LogP contribution in [0.25, 0.3) is 0 Å². The van der Waals surface area contributed by atoms with Crippen LogP contribution in [0.3, 0.4) is 0 Å². The van der Waals surface area contributed by atoms with Crippen LogP contribution in [-0.2, 0) is 4.74 Å². The predicted molar refractivity (Wildman–Crippen MR) is 63.4 cm³/mol. The van der Waals surface area contributed by atoms with Crippen molar-refractivity contribution in [3.63, 3.8) is 0 Å². The van der Waals surface area contributed by atoms with Gasteiger partial charge in [-0.25, -0.2) is 0 Å². The average molecular weight is 236 g/mol. The summed E-state index contributed by atoms with van der Waals surface area (Å²) in [5.74, 6) is 0.659. The lowest BCUT2D eigenvalue weighted by molar-refractivity contribution is 0.0679. The zero-order valence-electron chi connectivity index (χ0n) is 9.50. The van der Waals surface area contributed by atoms with Gasteiger partial charge in [0.2, 0.25) is 0 Å². The van der Waals surface area contributed by atoms with Gasteiger partial charge in [0, 0.05) is 6.61 Å². The van der Waals surface area contributed by atoms with Crippen LogP contribution < -0.4 is 10.5 Å². The lowest BCUT2D eigenvalue weighted by Gasteiger charge is -2.13. The van der Waals surface area contributed by atoms with Crippen molar-refractivity contribution in [2.45, 2.75) is 18.9 Å². The molecule has 5 nitrogen and oxygen atoms in total. The smallest absolute Gasteiger partial charge is 0.173 e. The van der Waals surface area contributed by atoms with Gasteiger partial charge in [-0.2, -0.15) is 0 Å². The molecule has 2 rings (SSSR count). The first-order chi connectivity index (χ1) is 8.31. The molecule has 1 aliphatic rings. The molecule has 1 saturated heterocycles. The third kappa shape index (κ3) is 2.88. The van der Waals surface area contributed by atoms with Gasteiger partial charge in [0.05, 0.1) is 11.7 Å². The van der Waals surface area contributed by atoms with E-state index < -0.39 is 0 Å². The van der Waals surface area contributed by atoms with Gasteiger partial charge in [0.1, 0.15) is 12.4 Å². The van der Waals surface area contributed by atoms with Gasteiger partial charge in [-0.15, -0.1) is 0 Å². The lowest BCUT2D eigenvalue weighted by Crippen LogP contribution is -2.19. The Labute approximate surface area is 99.8 Å². The number of hydrogen-bond donors (Lipinski definition) is 2. The number of benzene rings is 1. The second kappa shape index (κ2) is 5.54. The summed E-state index contributed by atoms with van der Waals surface area (Å²) >= 11 is 0. The quantitative estimate of drug-likeness (QED) is 0.358. The summed E-state index contributed by atoms with van der Waals surface area (Å²) in [6.07, 6.45) is 2.25. The third-order valence-corrected chi connectivity index (χ3v) is 2.72. The van der Waals surface area contributed by atoms with Crippen LogP contribution in [0.15, 0.2) is 29.4 Å². The van der Waals surface area contributed by atoms with Gasteiger partial charge in [-0.05, 0) is 25.0 Å². The van der Waals surface area contributed by atoms with Crippen molar-refractivity contribution in [1.82, 2.24) is 0 Å². The molecule has 1 fully saturated rings. The summed E-state index contributed by atoms with van der Waals surface area (Å²) in [6.45, 7) is 1.30. The molecule has 0 aromatic heterocycles. The minimum Gasteiger partial charge on any atom is -0.490 e. The summed E-state index contributed by atoms with van der Waals surface area (Å²) in [6, 6.07) is 7.20. The van der Waals surface area contributed by atoms with Crippen LogP contribution in [0.5, 0.6) is 5.75 Å². The van der Waals surface area contributed by atoms with E-state index in [0.29, 0.717) is 17.9 Å². The molecule has 0 spiro atoms. The van der Waals surface area contributed by atoms with Crippen molar-refractivity contribution < 1.29 is 14.7 Å². The Kier molecular flexibility index (Phi) is 3.82. The molecule has 3 N–H and O–H groups in total. The monoisotopic (exact) mass is 236 g/mol. The molecule has 1 unspecified atom stereocenters. The number of nitrogens with two attached hydrogens (primary N) is 1. The van der Waals surface area contributed by atoms with Crippen molar-refractivity contribution in [3.8, 4) is 5.75 Å². The van der Waals surface area contributed by atoms with Crippen molar-refractivity contribution in [3.05, 3.63) is 29.8 Å². The lowest BCUT2D eigenvalue weighted by atomic mass is 10.2. The minimum atomic E-state index is 0.0490. The van der Waals surface area contributed by atoms with Gasteiger partial charge in [-0.1, -0.05) is 17.3 Å². The Hall–Kier alpha value is -1.75. The summed E-state index contributed by atoms with van der Waals surface area (Å²) in [5.41, 5.74) is 6.16. The Morgan fingerprint density at radius 2 is 2.35 bits per heavy atom. The highest BCUT2D eigenvalue weighted by molar-refractivity contribution is 5.99. The fraction of sp³-hybridized carbons (Fsp3) is 0.417. The van der Waals surface area contributed by atoms with Crippen molar-refractivity contribution in [2.24, 2.45) is 10.9 Å². The standard InChI is InChI=1S/C12H16N2O3/c13-12(14-15)10-5-1-2-6-11(10)17-8-9-4-3-7-16-9/h1-2,5-6,9,15H,3-4,7-8H2,(H2,13,14). The fourth-order valence-electron chi connectivity index (χ4n) is 1.82. The van der Waals surface area contributed by atoms with Crippen LogP contribution in [0.2, 0.25) is 0 Å². The Morgan fingerprint density at radius 1 is 1.53 bits per heavy atom. The van der Waals surface area contributed by atoms with Crippen LogP contribution in [-0.4, -0.2) is 30.4 Å². The molecule has 1 heterocycles. The predicted octanol–water partition coefficient (Wildman–Crippen LogP) is 1.34. The summed E-state index contributed by atoms with van der Waals surface area (Å²) in [5, 5.41) is 11.7. The van der Waals surface area contributed by atoms with Gasteiger partial charge in [0.25, 0.3) is 0 Å². The minimum absolute atomic E-state index is 0.0490. The van der Waals surface area contributed by atoms with E-state index in [1.165, 1.54) is 0 Å². The zero-order valence-corrected chi connectivity index (χ0v) is 9.50. The van der Waals surface area contributed by atoms with E-state index in [1.54, 1.807) is 12.1 Å². The molecule has 0 amide bonds. The molecule has 1 aromatic rings. The maximum absolute atomic E-state index is 8.68. The maximum Gasteiger partial charge on any atom is 0.173 e. The summed E-state index contributed by atoms with van der Waals surface area (Å²) < 4.78 is 11.1. The number of hydrogen-bond acceptors (Lipinski definition) is 4. The first kappa shape index (κ1) is 11.7. The van der Waals surface area contributed by atoms with Crippen LogP contribution in [0.1, 0.15) is 18.4 Å². The number of ether oxygens (including phenoxy) is 2. The molecular formula is C12H16N2O3. The molecule has 92 valence electrons. The fourth-order valence-corrected chi connectivity index (χ4v) is 1.82. The van der Waals surface area contributed by atoms with Gasteiger partial charge < -0.3 is 20.4 Å². The Morgan fingerprint density at radius 3 is 3.06 bits per heavy atom. The van der Waals surface area contributed by atoms with Gasteiger partial charge >= 0.3 is 0 Å². The molecule has 5 heteroatoms. The molecular weight excluding hydrogens is 220 g/mol. The number of amidine groups is 1. The number of nitrogens with zero attached hydrogens (tertiary/aromatic N) is 1. The van der Waals surface area contributed by atoms with Crippen LogP contribution in [0.4, 0.5) is 0 Å². The molecule has 0 aliphatic carbocycles. The molecule has 1 atom stereocenters. The van der Waals surface area contributed by atoms with E-state index in [4.69, 9.17) is 20.4 Å². The van der Waals surface area contributed by atoms with E-state index in [0.717, 1.165) is 19.4 Å². The molecule has 17 heavy (non-hydrogen) atoms. The second-order valence-electron chi connectivity index (χ2n) is 3.93. The van der Waals surface area contributed by atoms with Crippen molar-refractivity contribution in [2.75, 3.05) is 13.2 Å². The highest BCUT2D eigenvalue weighted by Gasteiger charge is 2.17. The molecule has 0 radical (unpaired) electrons. The third-order valence-electron chi connectivity index (χ3n) is 2.72. The van der Waals surface area contributed by atoms with E-state index >= 15 is 0 Å². The number of oxime groups is 1. The molecule has 0 bridgehead atoms. The number of rotatable bonds is 4. The van der Waals surface area contributed by atoms with Crippen LogP contribution >= 0.6 is 0 Å². The summed E-state index contributed by atoms with van der Waals surface area (Å²) in [4.78, 5) is 0. The Bertz CT molecular complexity index is 400. The average Bonchev–Trinajstić information content (AvgIpc) is 2.89. The van der Waals surface area contributed by atoms with E-state index in [9.17, 15) is 0 Å². The first-order valence-corrected chi connectivity index (χ1v) is 5.62. The van der Waals surface area contributed by atoms with Crippen molar-refractivity contribution in [1.29, 1.82) is 0 Å². The van der Waals surface area contributed by atoms with Crippen molar-refractivity contribution >= 4 is 5.84 Å². The highest BCUT2D eigenvalue weighted by Crippen LogP contribution is 2.20. The highest BCUT2D eigenvalue weighted by atomic mass is 16.5. The van der Waals surface area contributed by atoms with E-state index in [-0.39, 0.29) is 11.9 Å². The molecule has 1 aliphatic heterocycles. The SMILES string of the molecule is N/C(=N\O)c1ccccc1OCC1CCCO1. The largest absolute Gasteiger partial charge is 0.490 e. The first-order valence-electron chi connectivity index (χ1n) is 5.62. The Balaban J connectivity index is 2.04. The summed E-state index contributed by atoms with van der Waals surface area (Å²) in [7, 11) is 0. The van der Waals surface area contributed by atoms with Gasteiger partial charge in [0.15, 0.2) is 5.84 Å².